The molecule has 0 N–H and O–H groups in total. The number of rotatable bonds is 7. The highest BCUT2D eigenvalue weighted by atomic mass is 16.5. The Hall–Kier alpha value is -1.06. The van der Waals surface area contributed by atoms with Gasteiger partial charge in [0.15, 0.2) is 0 Å². The van der Waals surface area contributed by atoms with Gasteiger partial charge in [0.25, 0.3) is 0 Å². The smallest absolute Gasteiger partial charge is 0.119 e. The van der Waals surface area contributed by atoms with Gasteiger partial charge in [-0.25, -0.2) is 0 Å². The molecule has 0 amide bonds. The van der Waals surface area contributed by atoms with Gasteiger partial charge in [0.2, 0.25) is 0 Å². The Balaban J connectivity index is 1.55. The largest absolute Gasteiger partial charge is 0.494 e. The summed E-state index contributed by atoms with van der Waals surface area (Å²) in [4.78, 5) is 5.12. The zero-order valence-corrected chi connectivity index (χ0v) is 12.1. The van der Waals surface area contributed by atoms with E-state index in [4.69, 9.17) is 4.74 Å². The first kappa shape index (κ1) is 14.4. The van der Waals surface area contributed by atoms with E-state index in [1.165, 1.54) is 39.1 Å². The van der Waals surface area contributed by atoms with Gasteiger partial charge < -0.3 is 14.5 Å². The van der Waals surface area contributed by atoms with E-state index in [1.807, 2.05) is 30.3 Å². The van der Waals surface area contributed by atoms with Gasteiger partial charge >= 0.3 is 0 Å². The minimum atomic E-state index is 0.819. The molecule has 1 saturated heterocycles. The fraction of sp³-hybridized carbons (Fsp3) is 0.625. The SMILES string of the molecule is CCCN1CCN(CCCOc2ccccc2)CC1. The van der Waals surface area contributed by atoms with Crippen molar-refractivity contribution in [3.05, 3.63) is 30.3 Å². The molecule has 1 aliphatic heterocycles. The summed E-state index contributed by atoms with van der Waals surface area (Å²) in [6.45, 7) is 10.4. The maximum absolute atomic E-state index is 5.72. The fourth-order valence-electron chi connectivity index (χ4n) is 2.55. The molecule has 19 heavy (non-hydrogen) atoms. The minimum Gasteiger partial charge on any atom is -0.494 e. The van der Waals surface area contributed by atoms with Crippen LogP contribution >= 0.6 is 0 Å². The predicted octanol–water partition coefficient (Wildman–Crippen LogP) is 2.48. The third kappa shape index (κ3) is 5.21. The molecule has 0 aromatic heterocycles. The topological polar surface area (TPSA) is 15.7 Å². The van der Waals surface area contributed by atoms with Crippen LogP contribution < -0.4 is 4.74 Å². The van der Waals surface area contributed by atoms with Crippen molar-refractivity contribution in [3.8, 4) is 5.75 Å². The van der Waals surface area contributed by atoms with Crippen LogP contribution in [-0.2, 0) is 0 Å². The normalized spacial score (nSPS) is 17.5. The maximum atomic E-state index is 5.72. The van der Waals surface area contributed by atoms with E-state index in [1.54, 1.807) is 0 Å². The van der Waals surface area contributed by atoms with Crippen molar-refractivity contribution in [1.29, 1.82) is 0 Å². The van der Waals surface area contributed by atoms with Crippen LogP contribution in [0.15, 0.2) is 30.3 Å². The standard InChI is InChI=1S/C16H26N2O/c1-2-9-17-11-13-18(14-12-17)10-6-15-19-16-7-4-3-5-8-16/h3-5,7-8H,2,6,9-15H2,1H3. The average molecular weight is 262 g/mol. The summed E-state index contributed by atoms with van der Waals surface area (Å²) >= 11 is 0. The second-order valence-corrected chi connectivity index (χ2v) is 5.20. The van der Waals surface area contributed by atoms with Gasteiger partial charge in [-0.3, -0.25) is 0 Å². The summed E-state index contributed by atoms with van der Waals surface area (Å²) in [6, 6.07) is 10.1. The monoisotopic (exact) mass is 262 g/mol. The number of ether oxygens (including phenoxy) is 1. The van der Waals surface area contributed by atoms with Gasteiger partial charge in [-0.2, -0.15) is 0 Å². The van der Waals surface area contributed by atoms with Crippen LogP contribution in [-0.4, -0.2) is 55.7 Å². The summed E-state index contributed by atoms with van der Waals surface area (Å²) in [6.07, 6.45) is 2.38. The van der Waals surface area contributed by atoms with Crippen LogP contribution in [0.3, 0.4) is 0 Å². The van der Waals surface area contributed by atoms with Crippen LogP contribution in [0.2, 0.25) is 0 Å². The fourth-order valence-corrected chi connectivity index (χ4v) is 2.55. The molecule has 0 unspecified atom stereocenters. The summed E-state index contributed by atoms with van der Waals surface area (Å²) in [5.41, 5.74) is 0. The molecule has 1 aromatic carbocycles. The Bertz CT molecular complexity index is 334. The van der Waals surface area contributed by atoms with E-state index in [0.29, 0.717) is 0 Å². The Kier molecular flexibility index (Phi) is 6.18. The number of para-hydroxylation sites is 1. The lowest BCUT2D eigenvalue weighted by Crippen LogP contribution is -2.46. The molecule has 106 valence electrons. The molecule has 1 aliphatic rings. The number of piperazine rings is 1. The molecule has 0 aliphatic carbocycles. The zero-order valence-electron chi connectivity index (χ0n) is 12.1. The molecule has 0 saturated carbocycles. The van der Waals surface area contributed by atoms with E-state index in [2.05, 4.69) is 16.7 Å². The summed E-state index contributed by atoms with van der Waals surface area (Å²) in [7, 11) is 0. The van der Waals surface area contributed by atoms with Crippen molar-refractivity contribution >= 4 is 0 Å². The zero-order chi connectivity index (χ0) is 13.3. The van der Waals surface area contributed by atoms with E-state index < -0.39 is 0 Å². The molecule has 1 aromatic rings. The summed E-state index contributed by atoms with van der Waals surface area (Å²) in [5, 5.41) is 0. The average Bonchev–Trinajstić information content (AvgIpc) is 2.47. The number of nitrogens with zero attached hydrogens (tertiary/aromatic N) is 2. The first-order valence-corrected chi connectivity index (χ1v) is 7.51. The van der Waals surface area contributed by atoms with Crippen LogP contribution in [0.25, 0.3) is 0 Å². The third-order valence-electron chi connectivity index (χ3n) is 3.64. The second kappa shape index (κ2) is 8.18. The van der Waals surface area contributed by atoms with Gasteiger partial charge in [-0.05, 0) is 31.5 Å². The molecule has 0 atom stereocenters. The number of hydrogen-bond donors (Lipinski definition) is 0. The lowest BCUT2D eigenvalue weighted by molar-refractivity contribution is 0.126. The van der Waals surface area contributed by atoms with Crippen molar-refractivity contribution in [3.63, 3.8) is 0 Å². The van der Waals surface area contributed by atoms with Crippen molar-refractivity contribution in [2.24, 2.45) is 0 Å². The minimum absolute atomic E-state index is 0.819. The first-order valence-electron chi connectivity index (χ1n) is 7.51. The van der Waals surface area contributed by atoms with Crippen LogP contribution in [0.1, 0.15) is 19.8 Å². The Morgan fingerprint density at radius 1 is 0.947 bits per heavy atom. The highest BCUT2D eigenvalue weighted by Gasteiger charge is 2.15. The summed E-state index contributed by atoms with van der Waals surface area (Å²) < 4.78 is 5.72. The lowest BCUT2D eigenvalue weighted by atomic mass is 10.3. The quantitative estimate of drug-likeness (QED) is 0.702. The Labute approximate surface area is 117 Å². The van der Waals surface area contributed by atoms with E-state index >= 15 is 0 Å². The molecular formula is C16H26N2O. The third-order valence-corrected chi connectivity index (χ3v) is 3.64. The van der Waals surface area contributed by atoms with Crippen LogP contribution in [0.5, 0.6) is 5.75 Å². The molecular weight excluding hydrogens is 236 g/mol. The van der Waals surface area contributed by atoms with Crippen LogP contribution in [0, 0.1) is 0 Å². The molecule has 1 fully saturated rings. The highest BCUT2D eigenvalue weighted by molar-refractivity contribution is 5.20. The van der Waals surface area contributed by atoms with Crippen molar-refractivity contribution < 1.29 is 4.74 Å². The van der Waals surface area contributed by atoms with Gasteiger partial charge in [0.1, 0.15) is 5.75 Å². The highest BCUT2D eigenvalue weighted by Crippen LogP contribution is 2.09. The van der Waals surface area contributed by atoms with E-state index in [-0.39, 0.29) is 0 Å². The second-order valence-electron chi connectivity index (χ2n) is 5.20. The molecule has 0 spiro atoms. The van der Waals surface area contributed by atoms with E-state index in [9.17, 15) is 0 Å². The van der Waals surface area contributed by atoms with Crippen LogP contribution in [0.4, 0.5) is 0 Å². The lowest BCUT2D eigenvalue weighted by Gasteiger charge is -2.34. The molecule has 3 heteroatoms. The molecule has 0 radical (unpaired) electrons. The number of benzene rings is 1. The Morgan fingerprint density at radius 2 is 1.58 bits per heavy atom. The van der Waals surface area contributed by atoms with Gasteiger partial charge in [-0.15, -0.1) is 0 Å². The molecule has 1 heterocycles. The van der Waals surface area contributed by atoms with Gasteiger partial charge in [0.05, 0.1) is 6.61 Å². The van der Waals surface area contributed by atoms with Crippen molar-refractivity contribution in [2.75, 3.05) is 45.9 Å². The molecule has 3 nitrogen and oxygen atoms in total. The number of hydrogen-bond acceptors (Lipinski definition) is 3. The summed E-state index contributed by atoms with van der Waals surface area (Å²) in [5.74, 6) is 0.982. The molecule has 0 bridgehead atoms. The maximum Gasteiger partial charge on any atom is 0.119 e. The van der Waals surface area contributed by atoms with Crippen molar-refractivity contribution in [2.45, 2.75) is 19.8 Å². The van der Waals surface area contributed by atoms with Gasteiger partial charge in [0, 0.05) is 32.7 Å². The first-order chi connectivity index (χ1) is 9.38. The van der Waals surface area contributed by atoms with Gasteiger partial charge in [-0.1, -0.05) is 25.1 Å². The predicted molar refractivity (Wildman–Crippen MR) is 79.7 cm³/mol. The molecule has 2 rings (SSSR count). The van der Waals surface area contributed by atoms with E-state index in [0.717, 1.165) is 25.3 Å². The van der Waals surface area contributed by atoms with Crippen molar-refractivity contribution in [1.82, 2.24) is 9.80 Å². The Morgan fingerprint density at radius 3 is 2.21 bits per heavy atom.